The van der Waals surface area contributed by atoms with Gasteiger partial charge in [0.2, 0.25) is 0 Å². The highest BCUT2D eigenvalue weighted by Crippen LogP contribution is 2.26. The Hall–Kier alpha value is -1.20. The Labute approximate surface area is 127 Å². The number of halogens is 1. The molecule has 2 heterocycles. The second kappa shape index (κ2) is 6.06. The molecule has 0 spiro atoms. The molecule has 1 aromatic carbocycles. The molecular formula is C15H18BrN3O. The largest absolute Gasteiger partial charge is 0.376 e. The van der Waals surface area contributed by atoms with Crippen LogP contribution >= 0.6 is 15.9 Å². The molecule has 0 radical (unpaired) electrons. The van der Waals surface area contributed by atoms with Crippen molar-refractivity contribution < 1.29 is 4.74 Å². The molecule has 0 saturated carbocycles. The Kier molecular flexibility index (Phi) is 4.17. The van der Waals surface area contributed by atoms with Crippen LogP contribution < -0.4 is 5.32 Å². The number of hydrogen-bond donors (Lipinski definition) is 1. The average Bonchev–Trinajstić information content (AvgIpc) is 2.99. The van der Waals surface area contributed by atoms with E-state index in [0.717, 1.165) is 47.1 Å². The number of nitrogens with zero attached hydrogens (tertiary/aromatic N) is 2. The minimum Gasteiger partial charge on any atom is -0.376 e. The summed E-state index contributed by atoms with van der Waals surface area (Å²) < 4.78 is 6.83. The number of nitrogens with one attached hydrogen (secondary N) is 1. The van der Waals surface area contributed by atoms with E-state index in [0.29, 0.717) is 6.04 Å². The summed E-state index contributed by atoms with van der Waals surface area (Å²) in [4.78, 5) is 8.72. The third-order valence-electron chi connectivity index (χ3n) is 3.77. The van der Waals surface area contributed by atoms with E-state index >= 15 is 0 Å². The van der Waals surface area contributed by atoms with Crippen LogP contribution in [0.1, 0.15) is 26.2 Å². The van der Waals surface area contributed by atoms with E-state index in [1.165, 1.54) is 0 Å². The summed E-state index contributed by atoms with van der Waals surface area (Å²) in [6.07, 6.45) is 5.19. The molecule has 1 aliphatic rings. The highest BCUT2D eigenvalue weighted by molar-refractivity contribution is 9.10. The number of hydrogen-bond acceptors (Lipinski definition) is 4. The highest BCUT2D eigenvalue weighted by atomic mass is 79.9. The van der Waals surface area contributed by atoms with Crippen LogP contribution in [-0.4, -0.2) is 28.7 Å². The first kappa shape index (κ1) is 13.8. The molecule has 0 amide bonds. The Morgan fingerprint density at radius 1 is 1.45 bits per heavy atom. The van der Waals surface area contributed by atoms with Crippen molar-refractivity contribution in [3.63, 3.8) is 0 Å². The van der Waals surface area contributed by atoms with Crippen LogP contribution in [0.25, 0.3) is 10.9 Å². The van der Waals surface area contributed by atoms with Gasteiger partial charge >= 0.3 is 0 Å². The number of aromatic nitrogens is 2. The maximum absolute atomic E-state index is 5.80. The lowest BCUT2D eigenvalue weighted by molar-refractivity contribution is 0.0943. The predicted octanol–water partition coefficient (Wildman–Crippen LogP) is 3.76. The van der Waals surface area contributed by atoms with E-state index in [9.17, 15) is 0 Å². The molecule has 0 aliphatic carbocycles. The maximum atomic E-state index is 5.80. The van der Waals surface area contributed by atoms with Crippen LogP contribution in [0.5, 0.6) is 0 Å². The lowest BCUT2D eigenvalue weighted by atomic mass is 10.1. The zero-order valence-electron chi connectivity index (χ0n) is 11.5. The van der Waals surface area contributed by atoms with Gasteiger partial charge in [-0.05, 0) is 37.5 Å². The molecule has 106 valence electrons. The molecule has 1 saturated heterocycles. The average molecular weight is 336 g/mol. The van der Waals surface area contributed by atoms with Crippen molar-refractivity contribution in [2.45, 2.75) is 38.3 Å². The van der Waals surface area contributed by atoms with Crippen LogP contribution in [0.4, 0.5) is 5.82 Å². The molecule has 2 aromatic rings. The Bertz CT molecular complexity index is 599. The molecule has 3 rings (SSSR count). The van der Waals surface area contributed by atoms with E-state index in [1.54, 1.807) is 6.33 Å². The molecule has 2 unspecified atom stereocenters. The van der Waals surface area contributed by atoms with Gasteiger partial charge in [0.15, 0.2) is 0 Å². The maximum Gasteiger partial charge on any atom is 0.137 e. The van der Waals surface area contributed by atoms with Gasteiger partial charge in [0, 0.05) is 16.5 Å². The quantitative estimate of drug-likeness (QED) is 0.923. The van der Waals surface area contributed by atoms with Crippen LogP contribution in [0.2, 0.25) is 0 Å². The fraction of sp³-hybridized carbons (Fsp3) is 0.467. The topological polar surface area (TPSA) is 47.0 Å². The third-order valence-corrected chi connectivity index (χ3v) is 4.27. The molecule has 1 aliphatic heterocycles. The zero-order chi connectivity index (χ0) is 13.9. The summed E-state index contributed by atoms with van der Waals surface area (Å²) >= 11 is 3.51. The van der Waals surface area contributed by atoms with Crippen LogP contribution in [-0.2, 0) is 4.74 Å². The summed E-state index contributed by atoms with van der Waals surface area (Å²) in [7, 11) is 0. The Morgan fingerprint density at radius 2 is 2.35 bits per heavy atom. The van der Waals surface area contributed by atoms with E-state index in [1.807, 2.05) is 12.1 Å². The van der Waals surface area contributed by atoms with E-state index < -0.39 is 0 Å². The van der Waals surface area contributed by atoms with E-state index in [2.05, 4.69) is 44.2 Å². The van der Waals surface area contributed by atoms with Gasteiger partial charge in [-0.2, -0.15) is 0 Å². The van der Waals surface area contributed by atoms with Crippen molar-refractivity contribution in [1.29, 1.82) is 0 Å². The van der Waals surface area contributed by atoms with Gasteiger partial charge in [-0.15, -0.1) is 0 Å². The number of ether oxygens (including phenoxy) is 1. The minimum absolute atomic E-state index is 0.289. The molecule has 1 N–H and O–H groups in total. The summed E-state index contributed by atoms with van der Waals surface area (Å²) in [6, 6.07) is 6.35. The van der Waals surface area contributed by atoms with Gasteiger partial charge in [0.25, 0.3) is 0 Å². The van der Waals surface area contributed by atoms with Crippen LogP contribution in [0.3, 0.4) is 0 Å². The zero-order valence-corrected chi connectivity index (χ0v) is 13.1. The summed E-state index contributed by atoms with van der Waals surface area (Å²) in [5, 5.41) is 4.58. The first-order chi connectivity index (χ1) is 9.78. The second-order valence-corrected chi connectivity index (χ2v) is 6.01. The molecule has 20 heavy (non-hydrogen) atoms. The number of rotatable bonds is 4. The first-order valence-electron chi connectivity index (χ1n) is 7.06. The molecule has 2 atom stereocenters. The number of fused-ring (bicyclic) bond motifs is 1. The lowest BCUT2D eigenvalue weighted by Gasteiger charge is -2.24. The fourth-order valence-electron chi connectivity index (χ4n) is 2.70. The van der Waals surface area contributed by atoms with Gasteiger partial charge < -0.3 is 10.1 Å². The first-order valence-corrected chi connectivity index (χ1v) is 7.85. The minimum atomic E-state index is 0.289. The normalized spacial score (nSPS) is 20.2. The predicted molar refractivity (Wildman–Crippen MR) is 83.9 cm³/mol. The molecule has 1 fully saturated rings. The SMILES string of the molecule is CCC(Nc1ncnc2ccc(Br)cc12)C1CCCO1. The molecule has 5 heteroatoms. The van der Waals surface area contributed by atoms with Crippen molar-refractivity contribution >= 4 is 32.7 Å². The molecule has 4 nitrogen and oxygen atoms in total. The van der Waals surface area contributed by atoms with Gasteiger partial charge in [-0.3, -0.25) is 0 Å². The lowest BCUT2D eigenvalue weighted by Crippen LogP contribution is -2.32. The molecule has 0 bridgehead atoms. The standard InChI is InChI=1S/C15H18BrN3O/c1-2-12(14-4-3-7-20-14)19-15-11-8-10(16)5-6-13(11)17-9-18-15/h5-6,8-9,12,14H,2-4,7H2,1H3,(H,17,18,19). The van der Waals surface area contributed by atoms with Gasteiger partial charge in [-0.25, -0.2) is 9.97 Å². The van der Waals surface area contributed by atoms with Gasteiger partial charge in [-0.1, -0.05) is 22.9 Å². The second-order valence-electron chi connectivity index (χ2n) is 5.09. The monoisotopic (exact) mass is 335 g/mol. The van der Waals surface area contributed by atoms with Crippen molar-refractivity contribution in [2.24, 2.45) is 0 Å². The van der Waals surface area contributed by atoms with Crippen molar-refractivity contribution in [3.05, 3.63) is 29.0 Å². The van der Waals surface area contributed by atoms with E-state index in [-0.39, 0.29) is 6.10 Å². The van der Waals surface area contributed by atoms with Gasteiger partial charge in [0.05, 0.1) is 17.7 Å². The molecular weight excluding hydrogens is 318 g/mol. The summed E-state index contributed by atoms with van der Waals surface area (Å²) in [5.41, 5.74) is 0.952. The Morgan fingerprint density at radius 3 is 3.10 bits per heavy atom. The van der Waals surface area contributed by atoms with Gasteiger partial charge in [0.1, 0.15) is 12.1 Å². The highest BCUT2D eigenvalue weighted by Gasteiger charge is 2.25. The fourth-order valence-corrected chi connectivity index (χ4v) is 3.06. The third kappa shape index (κ3) is 2.79. The van der Waals surface area contributed by atoms with Crippen molar-refractivity contribution in [1.82, 2.24) is 9.97 Å². The van der Waals surface area contributed by atoms with E-state index in [4.69, 9.17) is 4.74 Å². The smallest absolute Gasteiger partial charge is 0.137 e. The van der Waals surface area contributed by atoms with Crippen molar-refractivity contribution in [3.8, 4) is 0 Å². The molecule has 1 aromatic heterocycles. The Balaban J connectivity index is 1.90. The number of anilines is 1. The summed E-state index contributed by atoms with van der Waals surface area (Å²) in [5.74, 6) is 0.888. The van der Waals surface area contributed by atoms with Crippen LogP contribution in [0.15, 0.2) is 29.0 Å². The van der Waals surface area contributed by atoms with Crippen LogP contribution in [0, 0.1) is 0 Å². The number of benzene rings is 1. The van der Waals surface area contributed by atoms with Crippen molar-refractivity contribution in [2.75, 3.05) is 11.9 Å². The summed E-state index contributed by atoms with van der Waals surface area (Å²) in [6.45, 7) is 3.05.